The van der Waals surface area contributed by atoms with Crippen LogP contribution in [0.5, 0.6) is 0 Å². The first-order valence-electron chi connectivity index (χ1n) is 43.4. The Labute approximate surface area is 675 Å². The number of carbonyl (C=O) groups excluding carboxylic acids is 3. The van der Waals surface area contributed by atoms with Crippen molar-refractivity contribution in [1.82, 2.24) is 0 Å². The first-order valence-corrected chi connectivity index (χ1v) is 46.4. The molecule has 0 amide bonds. The number of aliphatic hydroxyl groups excluding tert-OH is 2. The van der Waals surface area contributed by atoms with Crippen LogP contribution in [0, 0.1) is 0 Å². The Hall–Kier alpha value is -5.09. The molecule has 0 aromatic rings. The molecule has 634 valence electrons. The lowest BCUT2D eigenvalue weighted by atomic mass is 10.0. The van der Waals surface area contributed by atoms with Gasteiger partial charge in [-0.1, -0.05) is 345 Å². The molecule has 0 spiro atoms. The van der Waals surface area contributed by atoms with E-state index in [1.54, 1.807) is 0 Å². The quantitative estimate of drug-likeness (QED) is 0.0146. The maximum Gasteiger partial charge on any atom is 0.472 e. The second-order valence-corrected chi connectivity index (χ2v) is 31.5. The molecule has 0 saturated heterocycles. The highest BCUT2D eigenvalue weighted by atomic mass is 31.2. The topological polar surface area (TPSA) is 231 Å². The molecule has 0 aliphatic carbocycles. The fourth-order valence-electron chi connectivity index (χ4n) is 11.4. The van der Waals surface area contributed by atoms with Crippen LogP contribution in [0.15, 0.2) is 170 Å². The molecule has 0 fully saturated rings. The van der Waals surface area contributed by atoms with Crippen LogP contribution < -0.4 is 0 Å². The number of hydrogen-bond acceptors (Lipinski definition) is 14. The third-order valence-corrected chi connectivity index (χ3v) is 19.8. The third-order valence-electron chi connectivity index (χ3n) is 17.9. The van der Waals surface area contributed by atoms with E-state index in [-0.39, 0.29) is 19.3 Å². The highest BCUT2D eigenvalue weighted by Crippen LogP contribution is 2.45. The zero-order valence-electron chi connectivity index (χ0n) is 69.6. The maximum absolute atomic E-state index is 13.0. The second-order valence-electron chi connectivity index (χ2n) is 28.5. The van der Waals surface area contributed by atoms with E-state index in [2.05, 4.69) is 191 Å². The zero-order valence-corrected chi connectivity index (χ0v) is 71.4. The average molecular weight is 1590 g/mol. The van der Waals surface area contributed by atoms with Gasteiger partial charge in [-0.25, -0.2) is 9.13 Å². The number of esters is 3. The van der Waals surface area contributed by atoms with Crippen LogP contribution in [-0.2, 0) is 55.8 Å². The minimum absolute atomic E-state index is 0.0824. The van der Waals surface area contributed by atoms with Gasteiger partial charge in [-0.3, -0.25) is 32.5 Å². The van der Waals surface area contributed by atoms with Gasteiger partial charge >= 0.3 is 33.6 Å². The van der Waals surface area contributed by atoms with E-state index in [9.17, 15) is 43.5 Å². The molecule has 0 bridgehead atoms. The van der Waals surface area contributed by atoms with Gasteiger partial charge in [0.1, 0.15) is 25.4 Å². The summed E-state index contributed by atoms with van der Waals surface area (Å²) >= 11 is 0. The highest BCUT2D eigenvalue weighted by Gasteiger charge is 2.29. The van der Waals surface area contributed by atoms with Gasteiger partial charge in [0, 0.05) is 19.3 Å². The Bertz CT molecular complexity index is 2700. The Morgan fingerprint density at radius 1 is 0.252 bits per heavy atom. The van der Waals surface area contributed by atoms with E-state index in [1.807, 2.05) is 0 Å². The summed E-state index contributed by atoms with van der Waals surface area (Å²) < 4.78 is 61.3. The molecule has 0 rings (SSSR count). The number of ether oxygens (including phenoxy) is 3. The van der Waals surface area contributed by atoms with Gasteiger partial charge in [-0.05, 0) is 148 Å². The number of hydrogen-bond donors (Lipinski definition) is 4. The molecule has 18 heteroatoms. The largest absolute Gasteiger partial charge is 0.472 e. The molecular weight excluding hydrogens is 1430 g/mol. The predicted octanol–water partition coefficient (Wildman–Crippen LogP) is 26.3. The van der Waals surface area contributed by atoms with Crippen LogP contribution in [0.3, 0.4) is 0 Å². The van der Waals surface area contributed by atoms with Gasteiger partial charge in [0.15, 0.2) is 6.10 Å². The van der Waals surface area contributed by atoms with Crippen molar-refractivity contribution in [3.63, 3.8) is 0 Å². The van der Waals surface area contributed by atoms with E-state index in [0.717, 1.165) is 180 Å². The van der Waals surface area contributed by atoms with Crippen LogP contribution in [0.25, 0.3) is 0 Å². The number of aliphatic hydroxyl groups is 2. The Kier molecular flexibility index (Phi) is 80.4. The lowest BCUT2D eigenvalue weighted by Crippen LogP contribution is -2.30. The van der Waals surface area contributed by atoms with E-state index in [0.29, 0.717) is 19.3 Å². The lowest BCUT2D eigenvalue weighted by Gasteiger charge is -2.21. The first kappa shape index (κ1) is 106. The van der Waals surface area contributed by atoms with Crippen molar-refractivity contribution in [2.75, 3.05) is 39.6 Å². The molecule has 0 aromatic heterocycles. The van der Waals surface area contributed by atoms with Crippen molar-refractivity contribution in [2.24, 2.45) is 0 Å². The first-order chi connectivity index (χ1) is 54.2. The second kappa shape index (κ2) is 84.3. The number of allylic oxidation sites excluding steroid dienone is 28. The summed E-state index contributed by atoms with van der Waals surface area (Å²) in [5.74, 6) is -1.61. The minimum Gasteiger partial charge on any atom is -0.463 e. The lowest BCUT2D eigenvalue weighted by molar-refractivity contribution is -0.161. The van der Waals surface area contributed by atoms with Crippen molar-refractivity contribution >= 4 is 33.6 Å². The molecule has 0 aliphatic heterocycles. The maximum atomic E-state index is 13.0. The summed E-state index contributed by atoms with van der Waals surface area (Å²) in [4.78, 5) is 58.8. The molecule has 16 nitrogen and oxygen atoms in total. The van der Waals surface area contributed by atoms with Gasteiger partial charge in [-0.15, -0.1) is 0 Å². The average Bonchev–Trinajstić information content (AvgIpc) is 0.904. The van der Waals surface area contributed by atoms with Crippen LogP contribution in [0.2, 0.25) is 0 Å². The molecule has 5 unspecified atom stereocenters. The fourth-order valence-corrected chi connectivity index (χ4v) is 13.0. The van der Waals surface area contributed by atoms with Crippen LogP contribution in [0.4, 0.5) is 0 Å². The van der Waals surface area contributed by atoms with Gasteiger partial charge in [0.2, 0.25) is 0 Å². The summed E-state index contributed by atoms with van der Waals surface area (Å²) in [6.07, 6.45) is 108. The number of rotatable bonds is 81. The van der Waals surface area contributed by atoms with Gasteiger partial charge in [-0.2, -0.15) is 0 Å². The van der Waals surface area contributed by atoms with E-state index in [4.69, 9.17) is 32.3 Å². The van der Waals surface area contributed by atoms with Crippen molar-refractivity contribution in [1.29, 1.82) is 0 Å². The highest BCUT2D eigenvalue weighted by molar-refractivity contribution is 7.47. The summed E-state index contributed by atoms with van der Waals surface area (Å²) in [6, 6.07) is 0. The standard InChI is InChI=1S/C93H156O16P2/c1-4-7-10-13-16-19-22-25-28-31-33-35-37-38-39-40-41-42-43-44-45-46-47-48-50-52-53-56-58-61-64-67-70-73-76-79-91(96)103-82-88(94)83-105-110(99,100)106-84-89(95)85-107-111(101,102)108-87-90(109-93(98)81-78-75-72-69-66-63-60-55-30-27-24-21-18-15-12-9-6-3)86-104-92(97)80-77-74-71-68-65-62-59-57-54-51-49-36-34-32-29-26-23-20-17-14-11-8-5-2/h7-12,16-21,25-30,33-36,38-39,51,54,59,62,88-90,94-95H,4-6,13-15,22-24,31-32,37,40-50,52-53,55-58,60-61,63-87H2,1-3H3,(H,99,100)(H,101,102)/b10-7-,11-8-,12-9-,19-16-,20-17-,21-18-,28-25-,29-26-,30-27-,35-33-,36-34-,39-38-,54-51-,62-59-. The number of unbranched alkanes of at least 4 members (excludes halogenated alkanes) is 30. The number of carbonyl (C=O) groups is 3. The molecule has 0 aromatic carbocycles. The SMILES string of the molecule is CC/C=C\C/C=C\C/C=C\C/C=C\C/C=C\C/C=C\CCCCCCC(=O)OCC(COP(=O)(O)OCC(O)COP(=O)(O)OCC(O)COC(=O)CCCCCCCCCCCCCCCCCCCCC/C=C\C/C=C\C/C=C\C/C=C\C/C=C\CC)OC(=O)CCCCCCCCC/C=C\C/C=C\C/C=C\CC. The Morgan fingerprint density at radius 2 is 0.450 bits per heavy atom. The molecule has 4 N–H and O–H groups in total. The summed E-state index contributed by atoms with van der Waals surface area (Å²) in [5, 5.41) is 20.7. The molecule has 0 radical (unpaired) electrons. The van der Waals surface area contributed by atoms with Crippen LogP contribution >= 0.6 is 15.6 Å². The van der Waals surface area contributed by atoms with Crippen molar-refractivity contribution < 1.29 is 75.8 Å². The molecule has 0 saturated carbocycles. The third kappa shape index (κ3) is 85.6. The summed E-state index contributed by atoms with van der Waals surface area (Å²) in [6.45, 7) is 2.32. The molecule has 0 heterocycles. The zero-order chi connectivity index (χ0) is 80.8. The van der Waals surface area contributed by atoms with Crippen LogP contribution in [0.1, 0.15) is 342 Å². The summed E-state index contributed by atoms with van der Waals surface area (Å²) in [5.41, 5.74) is 0. The monoisotopic (exact) mass is 1590 g/mol. The number of phosphoric acid groups is 2. The van der Waals surface area contributed by atoms with E-state index >= 15 is 0 Å². The molecular formula is C93H156O16P2. The smallest absolute Gasteiger partial charge is 0.463 e. The van der Waals surface area contributed by atoms with Gasteiger partial charge < -0.3 is 34.2 Å². The normalized spacial score (nSPS) is 14.7. The Morgan fingerprint density at radius 3 is 0.712 bits per heavy atom. The molecule has 111 heavy (non-hydrogen) atoms. The van der Waals surface area contributed by atoms with Crippen LogP contribution in [-0.4, -0.2) is 95.9 Å². The van der Waals surface area contributed by atoms with Crippen molar-refractivity contribution in [3.05, 3.63) is 170 Å². The minimum atomic E-state index is -4.95. The summed E-state index contributed by atoms with van der Waals surface area (Å²) in [7, 11) is -9.81. The van der Waals surface area contributed by atoms with E-state index in [1.165, 1.54) is 103 Å². The fraction of sp³-hybridized carbons (Fsp3) is 0.667. The van der Waals surface area contributed by atoms with Gasteiger partial charge in [0.05, 0.1) is 26.4 Å². The predicted molar refractivity (Wildman–Crippen MR) is 463 cm³/mol. The van der Waals surface area contributed by atoms with Crippen molar-refractivity contribution in [3.8, 4) is 0 Å². The molecule has 5 atom stereocenters. The van der Waals surface area contributed by atoms with E-state index < -0.39 is 91.5 Å². The molecule has 0 aliphatic rings. The number of phosphoric ester groups is 2. The Balaban J connectivity index is 4.49. The van der Waals surface area contributed by atoms with Gasteiger partial charge in [0.25, 0.3) is 0 Å². The van der Waals surface area contributed by atoms with Crippen molar-refractivity contribution in [2.45, 2.75) is 360 Å².